The SMILES string of the molecule is CC1(C)CC(C)(C)[C@@H](N)C1N. The summed E-state index contributed by atoms with van der Waals surface area (Å²) < 4.78 is 0. The fourth-order valence-corrected chi connectivity index (χ4v) is 2.38. The van der Waals surface area contributed by atoms with Gasteiger partial charge in [0.1, 0.15) is 0 Å². The minimum atomic E-state index is 0.150. The molecule has 1 fully saturated rings. The lowest BCUT2D eigenvalue weighted by Gasteiger charge is -2.25. The van der Waals surface area contributed by atoms with Crippen LogP contribution < -0.4 is 11.5 Å². The van der Waals surface area contributed by atoms with Crippen molar-refractivity contribution in [2.45, 2.75) is 46.2 Å². The molecule has 2 heteroatoms. The predicted octanol–water partition coefficient (Wildman–Crippen LogP) is 1.10. The Morgan fingerprint density at radius 2 is 1.18 bits per heavy atom. The summed E-state index contributed by atoms with van der Waals surface area (Å²) in [6.07, 6.45) is 1.13. The molecule has 0 aliphatic heterocycles. The van der Waals surface area contributed by atoms with Crippen molar-refractivity contribution in [2.75, 3.05) is 0 Å². The normalized spacial score (nSPS) is 40.9. The van der Waals surface area contributed by atoms with Crippen molar-refractivity contribution >= 4 is 0 Å². The second kappa shape index (κ2) is 2.20. The van der Waals surface area contributed by atoms with E-state index in [0.717, 1.165) is 6.42 Å². The van der Waals surface area contributed by atoms with Crippen LogP contribution in [0.1, 0.15) is 34.1 Å². The molecule has 0 aromatic carbocycles. The van der Waals surface area contributed by atoms with E-state index in [2.05, 4.69) is 27.7 Å². The molecule has 1 rings (SSSR count). The zero-order valence-corrected chi connectivity index (χ0v) is 8.02. The Hall–Kier alpha value is -0.0800. The van der Waals surface area contributed by atoms with Crippen LogP contribution in [0.5, 0.6) is 0 Å². The lowest BCUT2D eigenvalue weighted by molar-refractivity contribution is 0.289. The molecule has 1 unspecified atom stereocenters. The summed E-state index contributed by atoms with van der Waals surface area (Å²) >= 11 is 0. The van der Waals surface area contributed by atoms with Gasteiger partial charge >= 0.3 is 0 Å². The maximum Gasteiger partial charge on any atom is 0.0249 e. The van der Waals surface area contributed by atoms with E-state index < -0.39 is 0 Å². The zero-order valence-electron chi connectivity index (χ0n) is 8.02. The van der Waals surface area contributed by atoms with Crippen molar-refractivity contribution in [1.29, 1.82) is 0 Å². The summed E-state index contributed by atoms with van der Waals surface area (Å²) in [4.78, 5) is 0. The molecule has 0 spiro atoms. The van der Waals surface area contributed by atoms with Gasteiger partial charge in [-0.3, -0.25) is 0 Å². The Kier molecular flexibility index (Phi) is 1.81. The highest BCUT2D eigenvalue weighted by Crippen LogP contribution is 2.46. The average molecular weight is 156 g/mol. The second-order valence-corrected chi connectivity index (χ2v) is 5.21. The maximum atomic E-state index is 6.01. The fourth-order valence-electron chi connectivity index (χ4n) is 2.38. The minimum absolute atomic E-state index is 0.150. The Morgan fingerprint density at radius 3 is 1.27 bits per heavy atom. The molecule has 0 bridgehead atoms. The highest BCUT2D eigenvalue weighted by atomic mass is 14.9. The van der Waals surface area contributed by atoms with Crippen LogP contribution in [-0.4, -0.2) is 12.1 Å². The molecular formula is C9H20N2. The molecule has 0 radical (unpaired) electrons. The minimum Gasteiger partial charge on any atom is -0.326 e. The molecule has 0 aromatic rings. The first-order valence-corrected chi connectivity index (χ1v) is 4.28. The van der Waals surface area contributed by atoms with E-state index in [4.69, 9.17) is 11.5 Å². The van der Waals surface area contributed by atoms with Crippen LogP contribution in [0.25, 0.3) is 0 Å². The van der Waals surface area contributed by atoms with Crippen molar-refractivity contribution in [3.8, 4) is 0 Å². The lowest BCUT2D eigenvalue weighted by Crippen LogP contribution is -2.47. The zero-order chi connectivity index (χ0) is 8.86. The van der Waals surface area contributed by atoms with E-state index in [0.29, 0.717) is 0 Å². The van der Waals surface area contributed by atoms with E-state index in [1.807, 2.05) is 0 Å². The van der Waals surface area contributed by atoms with Crippen molar-refractivity contribution in [1.82, 2.24) is 0 Å². The van der Waals surface area contributed by atoms with Gasteiger partial charge < -0.3 is 11.5 Å². The van der Waals surface area contributed by atoms with E-state index in [9.17, 15) is 0 Å². The van der Waals surface area contributed by atoms with Crippen LogP contribution in [0.4, 0.5) is 0 Å². The average Bonchev–Trinajstić information content (AvgIpc) is 1.91. The van der Waals surface area contributed by atoms with Gasteiger partial charge in [0.25, 0.3) is 0 Å². The van der Waals surface area contributed by atoms with Crippen LogP contribution in [0, 0.1) is 10.8 Å². The molecule has 66 valence electrons. The Balaban J connectivity index is 2.86. The number of hydrogen-bond donors (Lipinski definition) is 2. The largest absolute Gasteiger partial charge is 0.326 e. The molecule has 11 heavy (non-hydrogen) atoms. The summed E-state index contributed by atoms with van der Waals surface area (Å²) in [6, 6.07) is 0.301. The Bertz CT molecular complexity index is 143. The monoisotopic (exact) mass is 156 g/mol. The first kappa shape index (κ1) is 9.01. The smallest absolute Gasteiger partial charge is 0.0249 e. The Labute approximate surface area is 69.3 Å². The summed E-state index contributed by atoms with van der Waals surface area (Å²) in [5, 5.41) is 0. The molecule has 0 aromatic heterocycles. The first-order valence-electron chi connectivity index (χ1n) is 4.28. The van der Waals surface area contributed by atoms with Gasteiger partial charge in [0.05, 0.1) is 0 Å². The summed E-state index contributed by atoms with van der Waals surface area (Å²) in [6.45, 7) is 8.80. The Morgan fingerprint density at radius 1 is 0.909 bits per heavy atom. The molecule has 0 saturated heterocycles. The quantitative estimate of drug-likeness (QED) is 0.552. The lowest BCUT2D eigenvalue weighted by atomic mass is 9.84. The first-order chi connectivity index (χ1) is 4.77. The molecular weight excluding hydrogens is 136 g/mol. The van der Waals surface area contributed by atoms with Crippen LogP contribution in [0.3, 0.4) is 0 Å². The van der Waals surface area contributed by atoms with E-state index in [1.54, 1.807) is 0 Å². The second-order valence-electron chi connectivity index (χ2n) is 5.21. The third-order valence-electron chi connectivity index (χ3n) is 3.10. The molecule has 0 heterocycles. The molecule has 0 amide bonds. The van der Waals surface area contributed by atoms with Crippen molar-refractivity contribution < 1.29 is 0 Å². The van der Waals surface area contributed by atoms with Gasteiger partial charge in [0.15, 0.2) is 0 Å². The maximum absolute atomic E-state index is 6.01. The summed E-state index contributed by atoms with van der Waals surface area (Å²) in [5.41, 5.74) is 12.4. The van der Waals surface area contributed by atoms with Gasteiger partial charge in [-0.2, -0.15) is 0 Å². The van der Waals surface area contributed by atoms with E-state index in [1.165, 1.54) is 0 Å². The van der Waals surface area contributed by atoms with Crippen LogP contribution in [0.2, 0.25) is 0 Å². The molecule has 1 saturated carbocycles. The van der Waals surface area contributed by atoms with Gasteiger partial charge in [-0.1, -0.05) is 27.7 Å². The fraction of sp³-hybridized carbons (Fsp3) is 1.00. The van der Waals surface area contributed by atoms with E-state index in [-0.39, 0.29) is 22.9 Å². The molecule has 1 aliphatic rings. The van der Waals surface area contributed by atoms with Crippen LogP contribution in [-0.2, 0) is 0 Å². The molecule has 1 aliphatic carbocycles. The van der Waals surface area contributed by atoms with Crippen molar-refractivity contribution in [3.05, 3.63) is 0 Å². The van der Waals surface area contributed by atoms with Crippen LogP contribution >= 0.6 is 0 Å². The highest BCUT2D eigenvalue weighted by Gasteiger charge is 2.48. The number of hydrogen-bond acceptors (Lipinski definition) is 2. The third-order valence-corrected chi connectivity index (χ3v) is 3.10. The van der Waals surface area contributed by atoms with Gasteiger partial charge in [-0.15, -0.1) is 0 Å². The standard InChI is InChI=1S/C9H20N2/c1-8(2)5-9(3,4)7(11)6(8)10/h6-7H,5,10-11H2,1-4H3/t6-,7?/m0/s1. The summed E-state index contributed by atoms with van der Waals surface area (Å²) in [5.74, 6) is 0. The van der Waals surface area contributed by atoms with Crippen LogP contribution in [0.15, 0.2) is 0 Å². The van der Waals surface area contributed by atoms with Gasteiger partial charge in [-0.25, -0.2) is 0 Å². The molecule has 2 atom stereocenters. The van der Waals surface area contributed by atoms with Crippen molar-refractivity contribution in [3.63, 3.8) is 0 Å². The molecule has 2 nitrogen and oxygen atoms in total. The number of nitrogens with two attached hydrogens (primary N) is 2. The van der Waals surface area contributed by atoms with Gasteiger partial charge in [-0.05, 0) is 17.3 Å². The summed E-state index contributed by atoms with van der Waals surface area (Å²) in [7, 11) is 0. The topological polar surface area (TPSA) is 52.0 Å². The predicted molar refractivity (Wildman–Crippen MR) is 48.1 cm³/mol. The van der Waals surface area contributed by atoms with E-state index >= 15 is 0 Å². The molecule has 4 N–H and O–H groups in total. The number of rotatable bonds is 0. The van der Waals surface area contributed by atoms with Crippen molar-refractivity contribution in [2.24, 2.45) is 22.3 Å². The highest BCUT2D eigenvalue weighted by molar-refractivity contribution is 5.05. The third kappa shape index (κ3) is 1.30. The van der Waals surface area contributed by atoms with Gasteiger partial charge in [0, 0.05) is 12.1 Å². The van der Waals surface area contributed by atoms with Gasteiger partial charge in [0.2, 0.25) is 0 Å².